The summed E-state index contributed by atoms with van der Waals surface area (Å²) in [7, 11) is 0. The minimum absolute atomic E-state index is 0.0887. The molecule has 2 amide bonds. The first kappa shape index (κ1) is 24.6. The van der Waals surface area contributed by atoms with Crippen LogP contribution in [0, 0.1) is 13.8 Å². The monoisotopic (exact) mass is 466 g/mol. The van der Waals surface area contributed by atoms with E-state index in [2.05, 4.69) is 37.4 Å². The fourth-order valence-corrected chi connectivity index (χ4v) is 4.40. The number of nitrogens with one attached hydrogen (secondary N) is 1. The molecule has 1 atom stereocenters. The SMILES string of the molecule is CCNC(=O)C(C)N(Cc1ccc(Cl)c(Cl)c1)C(=O)CSCc1cc(C)cc(C)c1. The highest BCUT2D eigenvalue weighted by Gasteiger charge is 2.25. The number of nitrogens with zero attached hydrogens (tertiary/aromatic N) is 1. The lowest BCUT2D eigenvalue weighted by atomic mass is 10.1. The Morgan fingerprint density at radius 1 is 1.03 bits per heavy atom. The molecule has 0 bridgehead atoms. The molecule has 0 aromatic heterocycles. The Labute approximate surface area is 193 Å². The van der Waals surface area contributed by atoms with Crippen LogP contribution >= 0.6 is 35.0 Å². The summed E-state index contributed by atoms with van der Waals surface area (Å²) < 4.78 is 0. The molecule has 0 heterocycles. The molecule has 2 aromatic carbocycles. The van der Waals surface area contributed by atoms with E-state index < -0.39 is 6.04 Å². The summed E-state index contributed by atoms with van der Waals surface area (Å²) in [4.78, 5) is 27.0. The molecule has 1 unspecified atom stereocenters. The van der Waals surface area contributed by atoms with E-state index in [0.717, 1.165) is 11.3 Å². The zero-order chi connectivity index (χ0) is 22.3. The quantitative estimate of drug-likeness (QED) is 0.538. The molecule has 0 aliphatic rings. The van der Waals surface area contributed by atoms with Crippen molar-refractivity contribution in [2.45, 2.75) is 46.0 Å². The minimum Gasteiger partial charge on any atom is -0.355 e. The molecule has 0 spiro atoms. The number of likely N-dealkylation sites (N-methyl/N-ethyl adjacent to an activating group) is 1. The van der Waals surface area contributed by atoms with Crippen LogP contribution in [0.1, 0.15) is 36.1 Å². The molecule has 0 saturated heterocycles. The van der Waals surface area contributed by atoms with Gasteiger partial charge in [-0.2, -0.15) is 0 Å². The second-order valence-electron chi connectivity index (χ2n) is 7.33. The first-order valence-electron chi connectivity index (χ1n) is 9.87. The van der Waals surface area contributed by atoms with Gasteiger partial charge in [0.05, 0.1) is 15.8 Å². The summed E-state index contributed by atoms with van der Waals surface area (Å²) in [5.74, 6) is 0.766. The van der Waals surface area contributed by atoms with Crippen molar-refractivity contribution in [2.24, 2.45) is 0 Å². The van der Waals surface area contributed by atoms with Gasteiger partial charge < -0.3 is 10.2 Å². The highest BCUT2D eigenvalue weighted by atomic mass is 35.5. The molecule has 4 nitrogen and oxygen atoms in total. The van der Waals surface area contributed by atoms with Crippen molar-refractivity contribution in [3.63, 3.8) is 0 Å². The highest BCUT2D eigenvalue weighted by molar-refractivity contribution is 7.99. The number of carbonyl (C=O) groups is 2. The predicted molar refractivity (Wildman–Crippen MR) is 127 cm³/mol. The van der Waals surface area contributed by atoms with Gasteiger partial charge in [0.25, 0.3) is 0 Å². The fraction of sp³-hybridized carbons (Fsp3) is 0.391. The van der Waals surface area contributed by atoms with Gasteiger partial charge in [0.1, 0.15) is 6.04 Å². The lowest BCUT2D eigenvalue weighted by Gasteiger charge is -2.28. The molecule has 0 aliphatic carbocycles. The summed E-state index contributed by atoms with van der Waals surface area (Å²) in [6.07, 6.45) is 0. The van der Waals surface area contributed by atoms with Gasteiger partial charge >= 0.3 is 0 Å². The van der Waals surface area contributed by atoms with Gasteiger partial charge in [-0.25, -0.2) is 0 Å². The lowest BCUT2D eigenvalue weighted by Crippen LogP contribution is -2.48. The van der Waals surface area contributed by atoms with Crippen LogP contribution in [0.15, 0.2) is 36.4 Å². The number of carbonyl (C=O) groups excluding carboxylic acids is 2. The molecule has 0 fully saturated rings. The van der Waals surface area contributed by atoms with Crippen LogP contribution in [-0.2, 0) is 21.9 Å². The second kappa shape index (κ2) is 11.6. The number of benzene rings is 2. The number of rotatable bonds is 9. The van der Waals surface area contributed by atoms with Crippen molar-refractivity contribution in [2.75, 3.05) is 12.3 Å². The Hall–Kier alpha value is -1.69. The van der Waals surface area contributed by atoms with E-state index in [9.17, 15) is 9.59 Å². The molecular weight excluding hydrogens is 439 g/mol. The van der Waals surface area contributed by atoms with Crippen molar-refractivity contribution < 1.29 is 9.59 Å². The predicted octanol–water partition coefficient (Wildman–Crippen LogP) is 5.40. The maximum atomic E-state index is 13.0. The van der Waals surface area contributed by atoms with E-state index in [-0.39, 0.29) is 24.1 Å². The molecule has 2 rings (SSSR count). The van der Waals surface area contributed by atoms with E-state index in [0.29, 0.717) is 16.6 Å². The Morgan fingerprint density at radius 3 is 2.30 bits per heavy atom. The third kappa shape index (κ3) is 7.22. The second-order valence-corrected chi connectivity index (χ2v) is 9.13. The summed E-state index contributed by atoms with van der Waals surface area (Å²) in [5, 5.41) is 3.68. The molecule has 7 heteroatoms. The maximum Gasteiger partial charge on any atom is 0.242 e. The number of thioether (sulfide) groups is 1. The van der Waals surface area contributed by atoms with Crippen molar-refractivity contribution in [3.05, 3.63) is 68.7 Å². The van der Waals surface area contributed by atoms with Gasteiger partial charge in [-0.3, -0.25) is 9.59 Å². The van der Waals surface area contributed by atoms with E-state index in [1.165, 1.54) is 16.7 Å². The molecule has 2 aromatic rings. The fourth-order valence-electron chi connectivity index (χ4n) is 3.23. The Balaban J connectivity index is 2.10. The van der Waals surface area contributed by atoms with Crippen LogP contribution in [0.3, 0.4) is 0 Å². The summed E-state index contributed by atoms with van der Waals surface area (Å²) in [6.45, 7) is 8.54. The van der Waals surface area contributed by atoms with Crippen molar-refractivity contribution in [1.82, 2.24) is 10.2 Å². The largest absolute Gasteiger partial charge is 0.355 e. The van der Waals surface area contributed by atoms with Gasteiger partial charge in [0.15, 0.2) is 0 Å². The van der Waals surface area contributed by atoms with Gasteiger partial charge in [0, 0.05) is 18.8 Å². The van der Waals surface area contributed by atoms with Crippen LogP contribution in [0.5, 0.6) is 0 Å². The molecule has 0 saturated carbocycles. The maximum absolute atomic E-state index is 13.0. The van der Waals surface area contributed by atoms with Crippen LogP contribution in [0.4, 0.5) is 0 Å². The molecular formula is C23H28Cl2N2O2S. The number of hydrogen-bond acceptors (Lipinski definition) is 3. The number of hydrogen-bond donors (Lipinski definition) is 1. The standard InChI is InChI=1S/C23H28Cl2N2O2S/c1-5-26-23(29)17(4)27(12-18-6-7-20(24)21(25)11-18)22(28)14-30-13-19-9-15(2)8-16(3)10-19/h6-11,17H,5,12-14H2,1-4H3,(H,26,29). The molecule has 162 valence electrons. The lowest BCUT2D eigenvalue weighted by molar-refractivity contribution is -0.138. The van der Waals surface area contributed by atoms with Crippen LogP contribution in [0.25, 0.3) is 0 Å². The average Bonchev–Trinajstić information content (AvgIpc) is 2.67. The molecule has 30 heavy (non-hydrogen) atoms. The van der Waals surface area contributed by atoms with Crippen LogP contribution in [-0.4, -0.2) is 35.1 Å². The molecule has 0 radical (unpaired) electrons. The molecule has 1 N–H and O–H groups in total. The molecule has 0 aliphatic heterocycles. The van der Waals surface area contributed by atoms with Gasteiger partial charge in [0.2, 0.25) is 11.8 Å². The van der Waals surface area contributed by atoms with Crippen molar-refractivity contribution >= 4 is 46.8 Å². The number of halogens is 2. The minimum atomic E-state index is -0.589. The zero-order valence-corrected chi connectivity index (χ0v) is 20.1. The average molecular weight is 467 g/mol. The van der Waals surface area contributed by atoms with E-state index >= 15 is 0 Å². The topological polar surface area (TPSA) is 49.4 Å². The Morgan fingerprint density at radius 2 is 1.70 bits per heavy atom. The van der Waals surface area contributed by atoms with Crippen LogP contribution < -0.4 is 5.32 Å². The van der Waals surface area contributed by atoms with E-state index in [1.54, 1.807) is 35.7 Å². The van der Waals surface area contributed by atoms with Crippen molar-refractivity contribution in [3.8, 4) is 0 Å². The van der Waals surface area contributed by atoms with Gasteiger partial charge in [-0.1, -0.05) is 58.6 Å². The third-order valence-corrected chi connectivity index (χ3v) is 6.36. The van der Waals surface area contributed by atoms with Crippen molar-refractivity contribution in [1.29, 1.82) is 0 Å². The van der Waals surface area contributed by atoms with Crippen LogP contribution in [0.2, 0.25) is 10.0 Å². The Bertz CT molecular complexity index is 885. The van der Waals surface area contributed by atoms with Gasteiger partial charge in [-0.05, 0) is 51.0 Å². The normalized spacial score (nSPS) is 11.8. The Kier molecular flexibility index (Phi) is 9.53. The zero-order valence-electron chi connectivity index (χ0n) is 17.8. The van der Waals surface area contributed by atoms with E-state index in [4.69, 9.17) is 23.2 Å². The highest BCUT2D eigenvalue weighted by Crippen LogP contribution is 2.24. The number of amides is 2. The van der Waals surface area contributed by atoms with Gasteiger partial charge in [-0.15, -0.1) is 11.8 Å². The number of aryl methyl sites for hydroxylation is 2. The smallest absolute Gasteiger partial charge is 0.242 e. The summed E-state index contributed by atoms with van der Waals surface area (Å²) in [6, 6.07) is 11.1. The first-order valence-corrected chi connectivity index (χ1v) is 11.8. The summed E-state index contributed by atoms with van der Waals surface area (Å²) >= 11 is 13.7. The van der Waals surface area contributed by atoms with E-state index in [1.807, 2.05) is 13.0 Å². The first-order chi connectivity index (χ1) is 14.2. The summed E-state index contributed by atoms with van der Waals surface area (Å²) in [5.41, 5.74) is 4.44. The third-order valence-electron chi connectivity index (χ3n) is 4.63.